The van der Waals surface area contributed by atoms with Crippen molar-refractivity contribution < 1.29 is 4.39 Å². The Bertz CT molecular complexity index is 759. The van der Waals surface area contributed by atoms with Crippen molar-refractivity contribution in [2.24, 2.45) is 0 Å². The molecule has 0 N–H and O–H groups in total. The third kappa shape index (κ3) is 1.78. The lowest BCUT2D eigenvalue weighted by atomic mass is 9.85. The van der Waals surface area contributed by atoms with Gasteiger partial charge in [0.1, 0.15) is 5.82 Å². The molecule has 5 heteroatoms. The summed E-state index contributed by atoms with van der Waals surface area (Å²) >= 11 is 0. The fourth-order valence-electron chi connectivity index (χ4n) is 2.49. The molecule has 100 valence electrons. The van der Waals surface area contributed by atoms with Gasteiger partial charge in [-0.15, -0.1) is 5.10 Å². The van der Waals surface area contributed by atoms with Crippen molar-refractivity contribution >= 4 is 5.78 Å². The summed E-state index contributed by atoms with van der Waals surface area (Å²) in [6, 6.07) is 8.26. The summed E-state index contributed by atoms with van der Waals surface area (Å²) in [5.41, 5.74) is 1.79. The molecule has 1 saturated carbocycles. The van der Waals surface area contributed by atoms with Gasteiger partial charge < -0.3 is 0 Å². The highest BCUT2D eigenvalue weighted by molar-refractivity contribution is 5.61. The number of halogens is 1. The molecule has 0 radical (unpaired) electrons. The first-order valence-electron chi connectivity index (χ1n) is 6.79. The first-order chi connectivity index (χ1) is 9.81. The molecule has 0 aliphatic heterocycles. The molecule has 20 heavy (non-hydrogen) atoms. The van der Waals surface area contributed by atoms with Crippen molar-refractivity contribution in [1.29, 1.82) is 0 Å². The molecule has 0 spiro atoms. The summed E-state index contributed by atoms with van der Waals surface area (Å²) in [6.45, 7) is 0. The number of rotatable bonds is 2. The molecule has 1 aromatic carbocycles. The molecular formula is C15H13FN4. The van der Waals surface area contributed by atoms with Gasteiger partial charge >= 0.3 is 0 Å². The molecule has 0 amide bonds. The molecule has 1 aliphatic rings. The van der Waals surface area contributed by atoms with E-state index in [0.29, 0.717) is 11.7 Å². The van der Waals surface area contributed by atoms with Crippen molar-refractivity contribution in [3.8, 4) is 11.3 Å². The van der Waals surface area contributed by atoms with Crippen LogP contribution < -0.4 is 0 Å². The molecule has 1 fully saturated rings. The maximum Gasteiger partial charge on any atom is 0.252 e. The highest BCUT2D eigenvalue weighted by Crippen LogP contribution is 2.34. The Kier molecular flexibility index (Phi) is 2.52. The predicted molar refractivity (Wildman–Crippen MR) is 72.8 cm³/mol. The molecule has 4 rings (SSSR count). The Morgan fingerprint density at radius 2 is 1.90 bits per heavy atom. The molecule has 4 nitrogen and oxygen atoms in total. The number of hydrogen-bond acceptors (Lipinski definition) is 3. The van der Waals surface area contributed by atoms with E-state index >= 15 is 0 Å². The lowest BCUT2D eigenvalue weighted by Gasteiger charge is -2.21. The van der Waals surface area contributed by atoms with Gasteiger partial charge in [0, 0.05) is 17.7 Å². The Hall–Kier alpha value is -2.30. The zero-order valence-corrected chi connectivity index (χ0v) is 10.8. The first kappa shape index (κ1) is 11.5. The minimum Gasteiger partial charge on any atom is -0.220 e. The van der Waals surface area contributed by atoms with Crippen LogP contribution in [0.2, 0.25) is 0 Å². The van der Waals surface area contributed by atoms with Crippen LogP contribution in [0.3, 0.4) is 0 Å². The van der Waals surface area contributed by atoms with Gasteiger partial charge in [0.05, 0.1) is 5.69 Å². The third-order valence-corrected chi connectivity index (χ3v) is 3.87. The first-order valence-corrected chi connectivity index (χ1v) is 6.79. The third-order valence-electron chi connectivity index (χ3n) is 3.87. The largest absolute Gasteiger partial charge is 0.252 e. The van der Waals surface area contributed by atoms with Gasteiger partial charge in [-0.2, -0.15) is 9.50 Å². The minimum absolute atomic E-state index is 0.243. The van der Waals surface area contributed by atoms with Gasteiger partial charge in [0.25, 0.3) is 5.78 Å². The van der Waals surface area contributed by atoms with Crippen LogP contribution in [-0.4, -0.2) is 19.6 Å². The molecule has 0 unspecified atom stereocenters. The second-order valence-electron chi connectivity index (χ2n) is 5.15. The van der Waals surface area contributed by atoms with E-state index < -0.39 is 0 Å². The standard InChI is InChI=1S/C15H13FN4/c16-12-6-4-10(5-7-12)13-8-9-17-15-18-14(19-20(13)15)11-2-1-3-11/h4-9,11H,1-3H2. The van der Waals surface area contributed by atoms with Crippen LogP contribution in [0.4, 0.5) is 4.39 Å². The maximum absolute atomic E-state index is 13.0. The summed E-state index contributed by atoms with van der Waals surface area (Å²) in [6.07, 6.45) is 5.28. The lowest BCUT2D eigenvalue weighted by Crippen LogP contribution is -2.10. The van der Waals surface area contributed by atoms with E-state index in [1.807, 2.05) is 6.07 Å². The van der Waals surface area contributed by atoms with E-state index in [2.05, 4.69) is 15.1 Å². The van der Waals surface area contributed by atoms with Crippen molar-refractivity contribution in [2.45, 2.75) is 25.2 Å². The summed E-state index contributed by atoms with van der Waals surface area (Å²) in [4.78, 5) is 8.77. The van der Waals surface area contributed by atoms with Crippen LogP contribution in [0.25, 0.3) is 17.0 Å². The highest BCUT2D eigenvalue weighted by Gasteiger charge is 2.24. The smallest absolute Gasteiger partial charge is 0.220 e. The van der Waals surface area contributed by atoms with Gasteiger partial charge in [-0.3, -0.25) is 0 Å². The van der Waals surface area contributed by atoms with E-state index in [-0.39, 0.29) is 5.82 Å². The molecule has 2 aromatic heterocycles. The molecule has 0 bridgehead atoms. The number of fused-ring (bicyclic) bond motifs is 1. The fraction of sp³-hybridized carbons (Fsp3) is 0.267. The van der Waals surface area contributed by atoms with E-state index in [9.17, 15) is 4.39 Å². The molecule has 1 aliphatic carbocycles. The molecule has 0 atom stereocenters. The van der Waals surface area contributed by atoms with Gasteiger partial charge in [-0.05, 0) is 43.2 Å². The lowest BCUT2D eigenvalue weighted by molar-refractivity contribution is 0.402. The zero-order valence-electron chi connectivity index (χ0n) is 10.8. The molecule has 3 aromatic rings. The summed E-state index contributed by atoms with van der Waals surface area (Å²) < 4.78 is 14.8. The quantitative estimate of drug-likeness (QED) is 0.716. The van der Waals surface area contributed by atoms with Crippen molar-refractivity contribution in [2.75, 3.05) is 0 Å². The average molecular weight is 268 g/mol. The average Bonchev–Trinajstić information content (AvgIpc) is 2.80. The second-order valence-corrected chi connectivity index (χ2v) is 5.15. The van der Waals surface area contributed by atoms with Gasteiger partial charge in [0.15, 0.2) is 5.82 Å². The summed E-state index contributed by atoms with van der Waals surface area (Å²) in [5.74, 6) is 1.71. The highest BCUT2D eigenvalue weighted by atomic mass is 19.1. The summed E-state index contributed by atoms with van der Waals surface area (Å²) in [7, 11) is 0. The van der Waals surface area contributed by atoms with Crippen LogP contribution in [0.1, 0.15) is 31.0 Å². The Balaban J connectivity index is 1.86. The van der Waals surface area contributed by atoms with Crippen LogP contribution >= 0.6 is 0 Å². The predicted octanol–water partition coefficient (Wildman–Crippen LogP) is 3.20. The number of nitrogens with zero attached hydrogens (tertiary/aromatic N) is 4. The van der Waals surface area contributed by atoms with E-state index in [0.717, 1.165) is 29.9 Å². The maximum atomic E-state index is 13.0. The van der Waals surface area contributed by atoms with Gasteiger partial charge in [0.2, 0.25) is 0 Å². The van der Waals surface area contributed by atoms with Crippen LogP contribution in [0.15, 0.2) is 36.5 Å². The zero-order chi connectivity index (χ0) is 13.5. The van der Waals surface area contributed by atoms with E-state index in [1.54, 1.807) is 22.8 Å². The summed E-state index contributed by atoms with van der Waals surface area (Å²) in [5, 5.41) is 4.58. The number of aromatic nitrogens is 4. The van der Waals surface area contributed by atoms with E-state index in [1.165, 1.54) is 18.6 Å². The van der Waals surface area contributed by atoms with E-state index in [4.69, 9.17) is 0 Å². The van der Waals surface area contributed by atoms with Crippen LogP contribution in [-0.2, 0) is 0 Å². The van der Waals surface area contributed by atoms with Gasteiger partial charge in [-0.1, -0.05) is 6.42 Å². The van der Waals surface area contributed by atoms with Crippen molar-refractivity contribution in [3.63, 3.8) is 0 Å². The van der Waals surface area contributed by atoms with Crippen molar-refractivity contribution in [1.82, 2.24) is 19.6 Å². The Morgan fingerprint density at radius 3 is 2.60 bits per heavy atom. The van der Waals surface area contributed by atoms with Gasteiger partial charge in [-0.25, -0.2) is 9.37 Å². The Labute approximate surface area is 115 Å². The Morgan fingerprint density at radius 1 is 1.10 bits per heavy atom. The van der Waals surface area contributed by atoms with Crippen molar-refractivity contribution in [3.05, 3.63) is 48.2 Å². The van der Waals surface area contributed by atoms with Crippen LogP contribution in [0, 0.1) is 5.82 Å². The number of hydrogen-bond donors (Lipinski definition) is 0. The van der Waals surface area contributed by atoms with Crippen LogP contribution in [0.5, 0.6) is 0 Å². The minimum atomic E-state index is -0.243. The number of benzene rings is 1. The molecule has 0 saturated heterocycles. The molecular weight excluding hydrogens is 255 g/mol. The fourth-order valence-corrected chi connectivity index (χ4v) is 2.49. The second kappa shape index (κ2) is 4.37. The SMILES string of the molecule is Fc1ccc(-c2ccnc3nc(C4CCC4)nn23)cc1. The molecule has 2 heterocycles. The topological polar surface area (TPSA) is 43.1 Å². The normalized spacial score (nSPS) is 15.4. The monoisotopic (exact) mass is 268 g/mol.